The minimum absolute atomic E-state index is 0.285. The molecular formula is C14H16ClNO. The molecule has 1 aliphatic rings. The molecule has 0 amide bonds. The van der Waals surface area contributed by atoms with Crippen LogP contribution in [0, 0.1) is 17.2 Å². The first-order valence-corrected chi connectivity index (χ1v) is 6.45. The van der Waals surface area contributed by atoms with Gasteiger partial charge in [-0.3, -0.25) is 0 Å². The summed E-state index contributed by atoms with van der Waals surface area (Å²) in [5.41, 5.74) is 0.496. The maximum Gasteiger partial charge on any atom is 0.121 e. The Labute approximate surface area is 107 Å². The first-order chi connectivity index (χ1) is 8.20. The van der Waals surface area contributed by atoms with Gasteiger partial charge in [-0.25, -0.2) is 0 Å². The molecule has 2 unspecified atom stereocenters. The van der Waals surface area contributed by atoms with Gasteiger partial charge in [0.2, 0.25) is 0 Å². The zero-order valence-electron chi connectivity index (χ0n) is 9.95. The summed E-state index contributed by atoms with van der Waals surface area (Å²) in [5.74, 6) is 1.37. The van der Waals surface area contributed by atoms with Crippen molar-refractivity contribution in [1.29, 1.82) is 5.26 Å². The number of ether oxygens (including phenoxy) is 1. The standard InChI is InChI=1S/C14H16ClNO/c1-10-4-2-3-5-14(10)17-12-7-6-11(9-16)13(15)8-12/h6-8,10,14H,2-5H2,1H3. The highest BCUT2D eigenvalue weighted by Crippen LogP contribution is 2.29. The minimum Gasteiger partial charge on any atom is -0.490 e. The summed E-state index contributed by atoms with van der Waals surface area (Å²) >= 11 is 5.98. The number of hydrogen-bond acceptors (Lipinski definition) is 2. The number of hydrogen-bond donors (Lipinski definition) is 0. The van der Waals surface area contributed by atoms with E-state index < -0.39 is 0 Å². The molecule has 0 heterocycles. The Bertz CT molecular complexity index is 438. The fourth-order valence-electron chi connectivity index (χ4n) is 2.29. The van der Waals surface area contributed by atoms with E-state index in [1.165, 1.54) is 19.3 Å². The van der Waals surface area contributed by atoms with Crippen molar-refractivity contribution in [2.75, 3.05) is 0 Å². The number of nitriles is 1. The maximum atomic E-state index is 8.80. The van der Waals surface area contributed by atoms with E-state index in [1.807, 2.05) is 12.1 Å². The van der Waals surface area contributed by atoms with E-state index in [0.717, 1.165) is 12.2 Å². The molecule has 3 heteroatoms. The van der Waals surface area contributed by atoms with Crippen molar-refractivity contribution in [3.63, 3.8) is 0 Å². The van der Waals surface area contributed by atoms with Crippen LogP contribution < -0.4 is 4.74 Å². The van der Waals surface area contributed by atoms with Gasteiger partial charge < -0.3 is 4.74 Å². The van der Waals surface area contributed by atoms with Crippen LogP contribution in [0.4, 0.5) is 0 Å². The third-order valence-electron chi connectivity index (χ3n) is 3.38. The second-order valence-corrected chi connectivity index (χ2v) is 5.08. The zero-order chi connectivity index (χ0) is 12.3. The lowest BCUT2D eigenvalue weighted by molar-refractivity contribution is 0.102. The molecule has 2 atom stereocenters. The summed E-state index contributed by atoms with van der Waals surface area (Å²) in [6.45, 7) is 2.23. The normalized spacial score (nSPS) is 24.1. The third kappa shape index (κ3) is 2.92. The molecule has 0 aromatic heterocycles. The summed E-state index contributed by atoms with van der Waals surface area (Å²) < 4.78 is 5.95. The molecule has 0 aliphatic heterocycles. The Kier molecular flexibility index (Phi) is 3.91. The Morgan fingerprint density at radius 1 is 1.35 bits per heavy atom. The Morgan fingerprint density at radius 2 is 2.12 bits per heavy atom. The van der Waals surface area contributed by atoms with E-state index in [2.05, 4.69) is 6.92 Å². The molecule has 1 saturated carbocycles. The van der Waals surface area contributed by atoms with Crippen LogP contribution in [0.2, 0.25) is 5.02 Å². The van der Waals surface area contributed by atoms with Crippen molar-refractivity contribution in [3.8, 4) is 11.8 Å². The first kappa shape index (κ1) is 12.3. The summed E-state index contributed by atoms with van der Waals surface area (Å²) in [6, 6.07) is 7.32. The van der Waals surface area contributed by atoms with Gasteiger partial charge >= 0.3 is 0 Å². The van der Waals surface area contributed by atoms with Crippen molar-refractivity contribution in [3.05, 3.63) is 28.8 Å². The summed E-state index contributed by atoms with van der Waals surface area (Å²) in [4.78, 5) is 0. The highest BCUT2D eigenvalue weighted by molar-refractivity contribution is 6.31. The highest BCUT2D eigenvalue weighted by Gasteiger charge is 2.22. The molecule has 0 N–H and O–H groups in total. The summed E-state index contributed by atoms with van der Waals surface area (Å²) in [6.07, 6.45) is 5.16. The molecule has 0 spiro atoms. The van der Waals surface area contributed by atoms with Gasteiger partial charge in [0.15, 0.2) is 0 Å². The van der Waals surface area contributed by atoms with E-state index in [1.54, 1.807) is 12.1 Å². The average molecular weight is 250 g/mol. The Hall–Kier alpha value is -1.20. The van der Waals surface area contributed by atoms with Gasteiger partial charge in [0.1, 0.15) is 17.9 Å². The van der Waals surface area contributed by atoms with E-state index in [0.29, 0.717) is 16.5 Å². The molecule has 1 aromatic carbocycles. The fraction of sp³-hybridized carbons (Fsp3) is 0.500. The van der Waals surface area contributed by atoms with Crippen molar-refractivity contribution in [2.45, 2.75) is 38.7 Å². The quantitative estimate of drug-likeness (QED) is 0.788. The summed E-state index contributed by atoms with van der Waals surface area (Å²) in [5, 5.41) is 9.26. The van der Waals surface area contributed by atoms with Crippen molar-refractivity contribution < 1.29 is 4.74 Å². The van der Waals surface area contributed by atoms with Gasteiger partial charge in [-0.1, -0.05) is 24.9 Å². The lowest BCUT2D eigenvalue weighted by Gasteiger charge is -2.29. The topological polar surface area (TPSA) is 33.0 Å². The molecule has 0 radical (unpaired) electrons. The molecule has 0 bridgehead atoms. The molecule has 1 fully saturated rings. The zero-order valence-corrected chi connectivity index (χ0v) is 10.7. The molecule has 1 aromatic rings. The van der Waals surface area contributed by atoms with Gasteiger partial charge in [0, 0.05) is 6.07 Å². The van der Waals surface area contributed by atoms with Gasteiger partial charge in [0.05, 0.1) is 10.6 Å². The SMILES string of the molecule is CC1CCCCC1Oc1ccc(C#N)c(Cl)c1. The third-order valence-corrected chi connectivity index (χ3v) is 3.69. The van der Waals surface area contributed by atoms with Gasteiger partial charge in [-0.15, -0.1) is 0 Å². The van der Waals surface area contributed by atoms with Crippen molar-refractivity contribution in [2.24, 2.45) is 5.92 Å². The van der Waals surface area contributed by atoms with Crippen LogP contribution in [0.25, 0.3) is 0 Å². The molecule has 2 rings (SSSR count). The second kappa shape index (κ2) is 5.42. The van der Waals surface area contributed by atoms with Crippen LogP contribution in [0.3, 0.4) is 0 Å². The van der Waals surface area contributed by atoms with Crippen LogP contribution in [-0.4, -0.2) is 6.10 Å². The van der Waals surface area contributed by atoms with E-state index >= 15 is 0 Å². The average Bonchev–Trinajstić information content (AvgIpc) is 2.32. The molecular weight excluding hydrogens is 234 g/mol. The van der Waals surface area contributed by atoms with Crippen LogP contribution >= 0.6 is 11.6 Å². The van der Waals surface area contributed by atoms with Crippen LogP contribution in [0.1, 0.15) is 38.2 Å². The number of benzene rings is 1. The van der Waals surface area contributed by atoms with Crippen molar-refractivity contribution in [1.82, 2.24) is 0 Å². The van der Waals surface area contributed by atoms with Gasteiger partial charge in [-0.05, 0) is 37.3 Å². The summed E-state index contributed by atoms with van der Waals surface area (Å²) in [7, 11) is 0. The van der Waals surface area contributed by atoms with E-state index in [9.17, 15) is 0 Å². The fourth-order valence-corrected chi connectivity index (χ4v) is 2.50. The minimum atomic E-state index is 0.285. The molecule has 0 saturated heterocycles. The van der Waals surface area contributed by atoms with E-state index in [-0.39, 0.29) is 6.10 Å². The lowest BCUT2D eigenvalue weighted by atomic mass is 9.88. The lowest BCUT2D eigenvalue weighted by Crippen LogP contribution is -2.28. The Balaban J connectivity index is 2.08. The van der Waals surface area contributed by atoms with Gasteiger partial charge in [-0.2, -0.15) is 5.26 Å². The number of nitrogens with zero attached hydrogens (tertiary/aromatic N) is 1. The molecule has 2 nitrogen and oxygen atoms in total. The number of rotatable bonds is 2. The van der Waals surface area contributed by atoms with E-state index in [4.69, 9.17) is 21.6 Å². The molecule has 17 heavy (non-hydrogen) atoms. The smallest absolute Gasteiger partial charge is 0.121 e. The molecule has 90 valence electrons. The number of halogens is 1. The van der Waals surface area contributed by atoms with Crippen LogP contribution in [0.15, 0.2) is 18.2 Å². The highest BCUT2D eigenvalue weighted by atomic mass is 35.5. The van der Waals surface area contributed by atoms with Gasteiger partial charge in [0.25, 0.3) is 0 Å². The van der Waals surface area contributed by atoms with Crippen LogP contribution in [-0.2, 0) is 0 Å². The predicted octanol–water partition coefficient (Wildman–Crippen LogP) is 4.17. The second-order valence-electron chi connectivity index (χ2n) is 4.67. The monoisotopic (exact) mass is 249 g/mol. The first-order valence-electron chi connectivity index (χ1n) is 6.07. The predicted molar refractivity (Wildman–Crippen MR) is 68.2 cm³/mol. The molecule has 1 aliphatic carbocycles. The largest absolute Gasteiger partial charge is 0.490 e. The van der Waals surface area contributed by atoms with Crippen LogP contribution in [0.5, 0.6) is 5.75 Å². The maximum absolute atomic E-state index is 8.80. The Morgan fingerprint density at radius 3 is 2.76 bits per heavy atom. The van der Waals surface area contributed by atoms with Crippen molar-refractivity contribution >= 4 is 11.6 Å².